The summed E-state index contributed by atoms with van der Waals surface area (Å²) in [5.74, 6) is -0.304. The third kappa shape index (κ3) is 3.18. The summed E-state index contributed by atoms with van der Waals surface area (Å²) in [6.07, 6.45) is 0. The molecule has 2 rings (SSSR count). The first-order valence-corrected chi connectivity index (χ1v) is 6.00. The molecule has 1 amide bonds. The summed E-state index contributed by atoms with van der Waals surface area (Å²) in [5, 5.41) is 6.14. The Balaban J connectivity index is 2.22. The Bertz CT molecular complexity index is 612. The molecule has 0 spiro atoms. The van der Waals surface area contributed by atoms with E-state index in [0.717, 1.165) is 0 Å². The molecule has 6 nitrogen and oxygen atoms in total. The van der Waals surface area contributed by atoms with Crippen molar-refractivity contribution in [1.82, 2.24) is 15.0 Å². The zero-order chi connectivity index (χ0) is 14.7. The molecule has 1 unspecified atom stereocenters. The molecule has 0 bridgehead atoms. The normalized spacial score (nSPS) is 12.4. The van der Waals surface area contributed by atoms with E-state index in [4.69, 9.17) is 4.52 Å². The number of nitrogens with zero attached hydrogens (tertiary/aromatic N) is 3. The average molecular weight is 278 g/mol. The first kappa shape index (κ1) is 14.1. The number of benzene rings is 1. The minimum atomic E-state index is -0.649. The average Bonchev–Trinajstić information content (AvgIpc) is 2.74. The highest BCUT2D eigenvalue weighted by Gasteiger charge is 2.24. The number of halogens is 1. The first-order valence-electron chi connectivity index (χ1n) is 6.00. The molecule has 1 aromatic carbocycles. The summed E-state index contributed by atoms with van der Waals surface area (Å²) < 4.78 is 18.1. The van der Waals surface area contributed by atoms with E-state index < -0.39 is 11.9 Å². The molecule has 0 aliphatic rings. The van der Waals surface area contributed by atoms with Gasteiger partial charge in [0.15, 0.2) is 0 Å². The molecular weight excluding hydrogens is 263 g/mol. The minimum absolute atomic E-state index is 0.0933. The van der Waals surface area contributed by atoms with Gasteiger partial charge < -0.3 is 4.52 Å². The van der Waals surface area contributed by atoms with Crippen LogP contribution < -0.4 is 5.32 Å². The van der Waals surface area contributed by atoms with Gasteiger partial charge >= 0.3 is 0 Å². The van der Waals surface area contributed by atoms with Crippen molar-refractivity contribution in [2.24, 2.45) is 0 Å². The topological polar surface area (TPSA) is 71.3 Å². The molecule has 0 radical (unpaired) electrons. The Kier molecular flexibility index (Phi) is 4.09. The van der Waals surface area contributed by atoms with Crippen LogP contribution in [0.5, 0.6) is 0 Å². The second-order valence-electron chi connectivity index (χ2n) is 4.55. The molecule has 0 fully saturated rings. The highest BCUT2D eigenvalue weighted by molar-refractivity contribution is 5.94. The van der Waals surface area contributed by atoms with Gasteiger partial charge in [-0.1, -0.05) is 12.1 Å². The number of hydrogen-bond donors (Lipinski definition) is 1. The Hall–Kier alpha value is -2.28. The van der Waals surface area contributed by atoms with Crippen LogP contribution in [0.25, 0.3) is 0 Å². The van der Waals surface area contributed by atoms with Gasteiger partial charge in [-0.3, -0.25) is 15.0 Å². The molecule has 0 aliphatic carbocycles. The van der Waals surface area contributed by atoms with E-state index >= 15 is 0 Å². The van der Waals surface area contributed by atoms with Crippen LogP contribution in [0.1, 0.15) is 17.5 Å². The van der Waals surface area contributed by atoms with Crippen LogP contribution in [-0.4, -0.2) is 35.0 Å². The fourth-order valence-corrected chi connectivity index (χ4v) is 1.89. The first-order chi connectivity index (χ1) is 9.47. The molecule has 0 saturated carbocycles. The van der Waals surface area contributed by atoms with Gasteiger partial charge in [0.05, 0.1) is 0 Å². The SMILES string of the molecule is Cc1nc(NC(=O)C(c2cccc(F)c2)N(C)C)no1. The van der Waals surface area contributed by atoms with E-state index in [2.05, 4.69) is 15.5 Å². The van der Waals surface area contributed by atoms with Gasteiger partial charge in [0.1, 0.15) is 11.9 Å². The second-order valence-corrected chi connectivity index (χ2v) is 4.55. The molecule has 1 N–H and O–H groups in total. The van der Waals surface area contributed by atoms with Crippen molar-refractivity contribution in [2.45, 2.75) is 13.0 Å². The van der Waals surface area contributed by atoms with Crippen LogP contribution in [0.2, 0.25) is 0 Å². The van der Waals surface area contributed by atoms with E-state index in [0.29, 0.717) is 11.5 Å². The summed E-state index contributed by atoms with van der Waals surface area (Å²) in [5.41, 5.74) is 0.549. The van der Waals surface area contributed by atoms with Crippen molar-refractivity contribution in [3.05, 3.63) is 41.5 Å². The smallest absolute Gasteiger partial charge is 0.270 e. The summed E-state index contributed by atoms with van der Waals surface area (Å²) in [4.78, 5) is 17.9. The molecule has 1 heterocycles. The monoisotopic (exact) mass is 278 g/mol. The van der Waals surface area contributed by atoms with Crippen molar-refractivity contribution < 1.29 is 13.7 Å². The standard InChI is InChI=1S/C13H15FN4O2/c1-8-15-13(17-20-8)16-12(19)11(18(2)3)9-5-4-6-10(14)7-9/h4-7,11H,1-3H3,(H,16,17,19). The Morgan fingerprint density at radius 1 is 1.45 bits per heavy atom. The zero-order valence-electron chi connectivity index (χ0n) is 11.4. The number of rotatable bonds is 4. The van der Waals surface area contributed by atoms with Gasteiger partial charge in [-0.05, 0) is 36.9 Å². The van der Waals surface area contributed by atoms with Crippen molar-refractivity contribution >= 4 is 11.9 Å². The number of anilines is 1. The van der Waals surface area contributed by atoms with Gasteiger partial charge in [0.2, 0.25) is 11.8 Å². The molecule has 106 valence electrons. The van der Waals surface area contributed by atoms with Gasteiger partial charge in [-0.25, -0.2) is 4.39 Å². The number of nitrogens with one attached hydrogen (secondary N) is 1. The van der Waals surface area contributed by atoms with Gasteiger partial charge in [0.25, 0.3) is 5.95 Å². The molecule has 7 heteroatoms. The Morgan fingerprint density at radius 3 is 2.75 bits per heavy atom. The molecular formula is C13H15FN4O2. The third-order valence-corrected chi connectivity index (χ3v) is 2.69. The number of amides is 1. The minimum Gasteiger partial charge on any atom is -0.338 e. The van der Waals surface area contributed by atoms with E-state index in [1.165, 1.54) is 12.1 Å². The number of aromatic nitrogens is 2. The van der Waals surface area contributed by atoms with Crippen LogP contribution >= 0.6 is 0 Å². The summed E-state index contributed by atoms with van der Waals surface area (Å²) in [6, 6.07) is 5.26. The van der Waals surface area contributed by atoms with Crippen LogP contribution in [-0.2, 0) is 4.79 Å². The van der Waals surface area contributed by atoms with Crippen LogP contribution in [0, 0.1) is 12.7 Å². The molecule has 0 aliphatic heterocycles. The number of aryl methyl sites for hydroxylation is 1. The highest BCUT2D eigenvalue weighted by atomic mass is 19.1. The largest absolute Gasteiger partial charge is 0.338 e. The van der Waals surface area contributed by atoms with Crippen molar-refractivity contribution in [3.8, 4) is 0 Å². The second kappa shape index (κ2) is 5.79. The van der Waals surface area contributed by atoms with Gasteiger partial charge in [-0.2, -0.15) is 4.98 Å². The molecule has 0 saturated heterocycles. The quantitative estimate of drug-likeness (QED) is 0.922. The van der Waals surface area contributed by atoms with E-state index in [-0.39, 0.29) is 11.9 Å². The van der Waals surface area contributed by atoms with Crippen molar-refractivity contribution in [2.75, 3.05) is 19.4 Å². The third-order valence-electron chi connectivity index (χ3n) is 2.69. The maximum atomic E-state index is 13.3. The predicted octanol–water partition coefficient (Wildman–Crippen LogP) is 1.76. The lowest BCUT2D eigenvalue weighted by atomic mass is 10.1. The number of likely N-dealkylation sites (N-methyl/N-ethyl adjacent to an activating group) is 1. The Morgan fingerprint density at radius 2 is 2.20 bits per heavy atom. The summed E-state index contributed by atoms with van der Waals surface area (Å²) in [7, 11) is 3.47. The van der Waals surface area contributed by atoms with Crippen LogP contribution in [0.15, 0.2) is 28.8 Å². The van der Waals surface area contributed by atoms with Crippen molar-refractivity contribution in [3.63, 3.8) is 0 Å². The summed E-state index contributed by atoms with van der Waals surface area (Å²) in [6.45, 7) is 1.62. The lowest BCUT2D eigenvalue weighted by molar-refractivity contribution is -0.120. The highest BCUT2D eigenvalue weighted by Crippen LogP contribution is 2.20. The number of carbonyl (C=O) groups is 1. The summed E-state index contributed by atoms with van der Waals surface area (Å²) >= 11 is 0. The fourth-order valence-electron chi connectivity index (χ4n) is 1.89. The van der Waals surface area contributed by atoms with E-state index in [9.17, 15) is 9.18 Å². The Labute approximate surface area is 115 Å². The van der Waals surface area contributed by atoms with E-state index in [1.807, 2.05) is 0 Å². The lowest BCUT2D eigenvalue weighted by Gasteiger charge is -2.23. The molecule has 1 atom stereocenters. The maximum absolute atomic E-state index is 13.3. The molecule has 2 aromatic rings. The number of carbonyl (C=O) groups excluding carboxylic acids is 1. The zero-order valence-corrected chi connectivity index (χ0v) is 11.4. The molecule has 20 heavy (non-hydrogen) atoms. The number of hydrogen-bond acceptors (Lipinski definition) is 5. The van der Waals surface area contributed by atoms with Gasteiger partial charge in [0, 0.05) is 6.92 Å². The van der Waals surface area contributed by atoms with Gasteiger partial charge in [-0.15, -0.1) is 0 Å². The predicted molar refractivity (Wildman–Crippen MR) is 70.5 cm³/mol. The lowest BCUT2D eigenvalue weighted by Crippen LogP contribution is -2.32. The van der Waals surface area contributed by atoms with Crippen LogP contribution in [0.3, 0.4) is 0 Å². The van der Waals surface area contributed by atoms with E-state index in [1.54, 1.807) is 38.1 Å². The van der Waals surface area contributed by atoms with Crippen LogP contribution in [0.4, 0.5) is 10.3 Å². The molecule has 1 aromatic heterocycles. The maximum Gasteiger partial charge on any atom is 0.270 e. The fraction of sp³-hybridized carbons (Fsp3) is 0.308. The van der Waals surface area contributed by atoms with Crippen molar-refractivity contribution in [1.29, 1.82) is 0 Å².